The van der Waals surface area contributed by atoms with Gasteiger partial charge in [-0.05, 0) is 54.1 Å². The number of rotatable bonds is 2. The molecule has 100 valence electrons. The Morgan fingerprint density at radius 2 is 1.56 bits per heavy atom. The molecule has 1 aromatic carbocycles. The van der Waals surface area contributed by atoms with Crippen LogP contribution in [0.2, 0.25) is 0 Å². The van der Waals surface area contributed by atoms with Crippen molar-refractivity contribution in [2.45, 2.75) is 58.9 Å². The van der Waals surface area contributed by atoms with Crippen LogP contribution >= 0.6 is 0 Å². The molecule has 0 bridgehead atoms. The first-order chi connectivity index (χ1) is 8.50. The lowest BCUT2D eigenvalue weighted by Crippen LogP contribution is -2.25. The normalized spacial score (nSPS) is 25.1. The van der Waals surface area contributed by atoms with E-state index in [1.165, 1.54) is 36.8 Å². The Labute approximate surface area is 112 Å². The van der Waals surface area contributed by atoms with Crippen molar-refractivity contribution in [1.29, 1.82) is 0 Å². The van der Waals surface area contributed by atoms with Gasteiger partial charge in [0.1, 0.15) is 0 Å². The van der Waals surface area contributed by atoms with Gasteiger partial charge in [0.05, 0.1) is 0 Å². The molecule has 0 heterocycles. The summed E-state index contributed by atoms with van der Waals surface area (Å²) in [5.41, 5.74) is 8.88. The zero-order valence-corrected chi connectivity index (χ0v) is 12.1. The third-order valence-electron chi connectivity index (χ3n) is 4.64. The van der Waals surface area contributed by atoms with Gasteiger partial charge in [0.25, 0.3) is 0 Å². The molecule has 1 nitrogen and oxygen atoms in total. The van der Waals surface area contributed by atoms with E-state index in [0.717, 1.165) is 11.8 Å². The lowest BCUT2D eigenvalue weighted by molar-refractivity contribution is 0.169. The van der Waals surface area contributed by atoms with Crippen molar-refractivity contribution in [3.05, 3.63) is 35.4 Å². The van der Waals surface area contributed by atoms with Crippen LogP contribution in [0, 0.1) is 11.3 Å². The highest BCUT2D eigenvalue weighted by Crippen LogP contribution is 2.43. The van der Waals surface area contributed by atoms with E-state index in [2.05, 4.69) is 45.0 Å². The first-order valence-electron chi connectivity index (χ1n) is 7.29. The zero-order valence-electron chi connectivity index (χ0n) is 12.1. The Balaban J connectivity index is 1.96. The molecule has 1 saturated carbocycles. The first-order valence-corrected chi connectivity index (χ1v) is 7.29. The van der Waals surface area contributed by atoms with Gasteiger partial charge < -0.3 is 5.73 Å². The fourth-order valence-electron chi connectivity index (χ4n) is 3.22. The van der Waals surface area contributed by atoms with Crippen molar-refractivity contribution in [3.8, 4) is 0 Å². The summed E-state index contributed by atoms with van der Waals surface area (Å²) in [6.45, 7) is 7.80. The van der Waals surface area contributed by atoms with E-state index < -0.39 is 0 Å². The molecule has 0 spiro atoms. The Morgan fingerprint density at radius 1 is 1.00 bits per heavy atom. The van der Waals surface area contributed by atoms with Crippen LogP contribution in [-0.4, -0.2) is 0 Å². The average molecular weight is 245 g/mol. The van der Waals surface area contributed by atoms with Crippen LogP contribution in [0.4, 0.5) is 0 Å². The van der Waals surface area contributed by atoms with Crippen LogP contribution < -0.4 is 5.73 Å². The average Bonchev–Trinajstić information content (AvgIpc) is 2.38. The van der Waals surface area contributed by atoms with Gasteiger partial charge in [0.15, 0.2) is 0 Å². The lowest BCUT2D eigenvalue weighted by atomic mass is 9.68. The molecule has 1 aliphatic rings. The highest BCUT2D eigenvalue weighted by atomic mass is 14.5. The molecule has 0 radical (unpaired) electrons. The molecule has 2 rings (SSSR count). The molecule has 1 aliphatic carbocycles. The quantitative estimate of drug-likeness (QED) is 0.817. The second kappa shape index (κ2) is 5.44. The third kappa shape index (κ3) is 3.14. The Kier molecular flexibility index (Phi) is 4.11. The van der Waals surface area contributed by atoms with E-state index in [9.17, 15) is 0 Å². The van der Waals surface area contributed by atoms with Crippen molar-refractivity contribution >= 4 is 0 Å². The summed E-state index contributed by atoms with van der Waals surface area (Å²) in [7, 11) is 0. The van der Waals surface area contributed by atoms with Crippen LogP contribution in [0.3, 0.4) is 0 Å². The van der Waals surface area contributed by atoms with Gasteiger partial charge in [-0.1, -0.05) is 45.0 Å². The minimum absolute atomic E-state index is 0.481. The molecule has 1 heteroatoms. The maximum absolute atomic E-state index is 5.64. The SMILES string of the molecule is CC(C)(C)C1CCC(c2ccc(CN)cc2)CC1. The second-order valence-electron chi connectivity index (χ2n) is 6.86. The molecule has 18 heavy (non-hydrogen) atoms. The smallest absolute Gasteiger partial charge is 0.0178 e. The summed E-state index contributed by atoms with van der Waals surface area (Å²) in [5, 5.41) is 0. The predicted molar refractivity (Wildman–Crippen MR) is 78.5 cm³/mol. The van der Waals surface area contributed by atoms with Crippen molar-refractivity contribution in [3.63, 3.8) is 0 Å². The summed E-state index contributed by atoms with van der Waals surface area (Å²) in [5.74, 6) is 1.67. The minimum atomic E-state index is 0.481. The Morgan fingerprint density at radius 3 is 2.00 bits per heavy atom. The third-order valence-corrected chi connectivity index (χ3v) is 4.64. The molecule has 2 N–H and O–H groups in total. The summed E-state index contributed by atoms with van der Waals surface area (Å²) in [6, 6.07) is 8.94. The summed E-state index contributed by atoms with van der Waals surface area (Å²) in [6.07, 6.45) is 5.47. The van der Waals surface area contributed by atoms with E-state index in [1.54, 1.807) is 0 Å². The highest BCUT2D eigenvalue weighted by Gasteiger charge is 2.29. The molecule has 1 aromatic rings. The number of nitrogens with two attached hydrogens (primary N) is 1. The van der Waals surface area contributed by atoms with Gasteiger partial charge in [-0.3, -0.25) is 0 Å². The molecular formula is C17H27N. The summed E-state index contributed by atoms with van der Waals surface area (Å²) in [4.78, 5) is 0. The largest absolute Gasteiger partial charge is 0.326 e. The van der Waals surface area contributed by atoms with Gasteiger partial charge in [-0.25, -0.2) is 0 Å². The Bertz CT molecular complexity index is 364. The van der Waals surface area contributed by atoms with Crippen molar-refractivity contribution in [2.75, 3.05) is 0 Å². The molecule has 0 aromatic heterocycles. The maximum atomic E-state index is 5.64. The zero-order chi connectivity index (χ0) is 13.2. The molecule has 0 aliphatic heterocycles. The van der Waals surface area contributed by atoms with Crippen molar-refractivity contribution in [2.24, 2.45) is 17.1 Å². The second-order valence-corrected chi connectivity index (χ2v) is 6.86. The summed E-state index contributed by atoms with van der Waals surface area (Å²) >= 11 is 0. The first kappa shape index (κ1) is 13.6. The highest BCUT2D eigenvalue weighted by molar-refractivity contribution is 5.25. The van der Waals surface area contributed by atoms with Crippen molar-refractivity contribution < 1.29 is 0 Å². The molecule has 1 fully saturated rings. The molecule has 0 atom stereocenters. The van der Waals surface area contributed by atoms with Crippen LogP contribution in [0.15, 0.2) is 24.3 Å². The number of hydrogen-bond donors (Lipinski definition) is 1. The van der Waals surface area contributed by atoms with Gasteiger partial charge >= 0.3 is 0 Å². The molecule has 0 unspecified atom stereocenters. The lowest BCUT2D eigenvalue weighted by Gasteiger charge is -2.37. The molecule has 0 saturated heterocycles. The van der Waals surface area contributed by atoms with Crippen LogP contribution in [-0.2, 0) is 6.54 Å². The van der Waals surface area contributed by atoms with E-state index in [1.807, 2.05) is 0 Å². The molecular weight excluding hydrogens is 218 g/mol. The van der Waals surface area contributed by atoms with Crippen molar-refractivity contribution in [1.82, 2.24) is 0 Å². The van der Waals surface area contributed by atoms with Crippen LogP contribution in [0.1, 0.15) is 63.5 Å². The monoisotopic (exact) mass is 245 g/mol. The number of benzene rings is 1. The van der Waals surface area contributed by atoms with Gasteiger partial charge in [0, 0.05) is 6.54 Å². The van der Waals surface area contributed by atoms with Gasteiger partial charge in [0.2, 0.25) is 0 Å². The van der Waals surface area contributed by atoms with E-state index >= 15 is 0 Å². The fraction of sp³-hybridized carbons (Fsp3) is 0.647. The van der Waals surface area contributed by atoms with E-state index in [-0.39, 0.29) is 0 Å². The standard InChI is InChI=1S/C17H27N/c1-17(2,3)16-10-8-15(9-11-16)14-6-4-13(12-18)5-7-14/h4-7,15-16H,8-12,18H2,1-3H3. The number of hydrogen-bond acceptors (Lipinski definition) is 1. The van der Waals surface area contributed by atoms with E-state index in [0.29, 0.717) is 12.0 Å². The van der Waals surface area contributed by atoms with Crippen LogP contribution in [0.25, 0.3) is 0 Å². The predicted octanol–water partition coefficient (Wildman–Crippen LogP) is 4.47. The van der Waals surface area contributed by atoms with E-state index in [4.69, 9.17) is 5.73 Å². The van der Waals surface area contributed by atoms with Gasteiger partial charge in [-0.15, -0.1) is 0 Å². The summed E-state index contributed by atoms with van der Waals surface area (Å²) < 4.78 is 0. The van der Waals surface area contributed by atoms with Crippen LogP contribution in [0.5, 0.6) is 0 Å². The maximum Gasteiger partial charge on any atom is 0.0178 e. The minimum Gasteiger partial charge on any atom is -0.326 e. The topological polar surface area (TPSA) is 26.0 Å². The van der Waals surface area contributed by atoms with Gasteiger partial charge in [-0.2, -0.15) is 0 Å². The Hall–Kier alpha value is -0.820. The fourth-order valence-corrected chi connectivity index (χ4v) is 3.22. The molecule has 0 amide bonds.